The summed E-state index contributed by atoms with van der Waals surface area (Å²) in [6.45, 7) is 2.26. The van der Waals surface area contributed by atoms with Crippen LogP contribution in [0.4, 0.5) is 0 Å². The van der Waals surface area contributed by atoms with Gasteiger partial charge in [-0.3, -0.25) is 0 Å². The standard InChI is InChI=1S/C14H23N2O4P/c1-6-11-19-14(17)12-9-7-8-10-13(12)20-21(18,15(2)3)16(4)5/h7-10H,6,11H2,1-5H3. The molecule has 6 nitrogen and oxygen atoms in total. The van der Waals surface area contributed by atoms with Gasteiger partial charge in [-0.1, -0.05) is 19.1 Å². The molecule has 1 aromatic rings. The Bertz CT molecular complexity index is 519. The quantitative estimate of drug-likeness (QED) is 0.570. The summed E-state index contributed by atoms with van der Waals surface area (Å²) in [5, 5.41) is 0. The topological polar surface area (TPSA) is 59.1 Å². The van der Waals surface area contributed by atoms with Crippen molar-refractivity contribution in [2.45, 2.75) is 13.3 Å². The average molecular weight is 314 g/mol. The van der Waals surface area contributed by atoms with Crippen molar-refractivity contribution in [3.63, 3.8) is 0 Å². The summed E-state index contributed by atoms with van der Waals surface area (Å²) in [7, 11) is 3.44. The minimum atomic E-state index is -3.22. The Balaban J connectivity index is 3.09. The van der Waals surface area contributed by atoms with E-state index in [1.54, 1.807) is 52.5 Å². The molecule has 0 saturated heterocycles. The Morgan fingerprint density at radius 1 is 1.14 bits per heavy atom. The average Bonchev–Trinajstić information content (AvgIpc) is 2.44. The Labute approximate surface area is 126 Å². The molecule has 0 aromatic heterocycles. The molecule has 0 radical (unpaired) electrons. The highest BCUT2D eigenvalue weighted by Gasteiger charge is 2.32. The van der Waals surface area contributed by atoms with Crippen molar-refractivity contribution in [2.24, 2.45) is 0 Å². The number of ether oxygens (including phenoxy) is 1. The molecule has 0 atom stereocenters. The lowest BCUT2D eigenvalue weighted by atomic mass is 10.2. The van der Waals surface area contributed by atoms with E-state index < -0.39 is 13.6 Å². The lowest BCUT2D eigenvalue weighted by molar-refractivity contribution is 0.0503. The second kappa shape index (κ2) is 7.59. The molecule has 0 fully saturated rings. The molecule has 0 N–H and O–H groups in total. The van der Waals surface area contributed by atoms with E-state index in [1.165, 1.54) is 9.34 Å². The van der Waals surface area contributed by atoms with Crippen LogP contribution in [-0.2, 0) is 9.30 Å². The minimum Gasteiger partial charge on any atom is -0.462 e. The van der Waals surface area contributed by atoms with Crippen molar-refractivity contribution in [1.29, 1.82) is 0 Å². The number of para-hydroxylation sites is 1. The van der Waals surface area contributed by atoms with Crippen LogP contribution in [0.1, 0.15) is 23.7 Å². The molecular formula is C14H23N2O4P. The number of nitrogens with zero attached hydrogens (tertiary/aromatic N) is 2. The van der Waals surface area contributed by atoms with Crippen LogP contribution in [-0.4, -0.2) is 50.1 Å². The number of hydrogen-bond donors (Lipinski definition) is 0. The van der Waals surface area contributed by atoms with Gasteiger partial charge in [0.15, 0.2) is 0 Å². The second-order valence-electron chi connectivity index (χ2n) is 4.91. The van der Waals surface area contributed by atoms with Gasteiger partial charge in [0.25, 0.3) is 0 Å². The molecule has 7 heteroatoms. The summed E-state index contributed by atoms with van der Waals surface area (Å²) < 4.78 is 26.6. The summed E-state index contributed by atoms with van der Waals surface area (Å²) in [5.41, 5.74) is 0.273. The van der Waals surface area contributed by atoms with Gasteiger partial charge in [0.1, 0.15) is 11.3 Å². The third kappa shape index (κ3) is 4.30. The molecule has 0 unspecified atom stereocenters. The van der Waals surface area contributed by atoms with Gasteiger partial charge < -0.3 is 9.26 Å². The lowest BCUT2D eigenvalue weighted by Gasteiger charge is -2.30. The fraction of sp³-hybridized carbons (Fsp3) is 0.500. The van der Waals surface area contributed by atoms with Crippen LogP contribution in [0, 0.1) is 0 Å². The smallest absolute Gasteiger partial charge is 0.394 e. The Kier molecular flexibility index (Phi) is 6.40. The zero-order valence-electron chi connectivity index (χ0n) is 13.2. The van der Waals surface area contributed by atoms with E-state index in [9.17, 15) is 9.36 Å². The van der Waals surface area contributed by atoms with E-state index in [0.717, 1.165) is 6.42 Å². The van der Waals surface area contributed by atoms with E-state index in [4.69, 9.17) is 9.26 Å². The van der Waals surface area contributed by atoms with Crippen molar-refractivity contribution in [3.8, 4) is 5.75 Å². The molecular weight excluding hydrogens is 291 g/mol. The largest absolute Gasteiger partial charge is 0.462 e. The molecule has 0 bridgehead atoms. The Morgan fingerprint density at radius 2 is 1.71 bits per heavy atom. The van der Waals surface area contributed by atoms with Crippen molar-refractivity contribution >= 4 is 13.6 Å². The van der Waals surface area contributed by atoms with Crippen LogP contribution >= 0.6 is 7.67 Å². The number of carbonyl (C=O) groups is 1. The normalized spacial score (nSPS) is 11.8. The van der Waals surface area contributed by atoms with Crippen LogP contribution in [0.2, 0.25) is 0 Å². The maximum absolute atomic E-state index is 12.8. The van der Waals surface area contributed by atoms with Gasteiger partial charge in [-0.05, 0) is 46.7 Å². The number of benzene rings is 1. The second-order valence-corrected chi connectivity index (χ2v) is 7.67. The van der Waals surface area contributed by atoms with Crippen molar-refractivity contribution in [3.05, 3.63) is 29.8 Å². The molecule has 21 heavy (non-hydrogen) atoms. The molecule has 0 spiro atoms. The van der Waals surface area contributed by atoms with Gasteiger partial charge in [0.05, 0.1) is 6.61 Å². The summed E-state index contributed by atoms with van der Waals surface area (Å²) in [4.78, 5) is 12.0. The molecule has 118 valence electrons. The SMILES string of the molecule is CCCOC(=O)c1ccccc1OP(=O)(N(C)C)N(C)C. The van der Waals surface area contributed by atoms with Crippen molar-refractivity contribution < 1.29 is 18.6 Å². The maximum Gasteiger partial charge on any atom is 0.394 e. The third-order valence-electron chi connectivity index (χ3n) is 2.77. The van der Waals surface area contributed by atoms with Crippen LogP contribution in [0.15, 0.2) is 24.3 Å². The van der Waals surface area contributed by atoms with E-state index in [-0.39, 0.29) is 11.3 Å². The number of hydrogen-bond acceptors (Lipinski definition) is 4. The predicted molar refractivity (Wildman–Crippen MR) is 82.6 cm³/mol. The zero-order valence-corrected chi connectivity index (χ0v) is 14.1. The number of esters is 1. The molecule has 0 heterocycles. The fourth-order valence-corrected chi connectivity index (χ4v) is 3.09. The monoisotopic (exact) mass is 314 g/mol. The highest BCUT2D eigenvalue weighted by atomic mass is 31.2. The van der Waals surface area contributed by atoms with E-state index in [2.05, 4.69) is 0 Å². The first-order chi connectivity index (χ1) is 9.82. The van der Waals surface area contributed by atoms with E-state index in [0.29, 0.717) is 6.61 Å². The molecule has 0 aliphatic heterocycles. The van der Waals surface area contributed by atoms with Gasteiger partial charge in [-0.2, -0.15) is 0 Å². The highest BCUT2D eigenvalue weighted by molar-refractivity contribution is 7.54. The minimum absolute atomic E-state index is 0.254. The van der Waals surface area contributed by atoms with Crippen molar-refractivity contribution in [1.82, 2.24) is 9.34 Å². The van der Waals surface area contributed by atoms with Crippen LogP contribution < -0.4 is 4.52 Å². The third-order valence-corrected chi connectivity index (χ3v) is 5.23. The Morgan fingerprint density at radius 3 is 2.24 bits per heavy atom. The zero-order chi connectivity index (χ0) is 16.0. The molecule has 1 aromatic carbocycles. The van der Waals surface area contributed by atoms with Gasteiger partial charge in [0, 0.05) is 0 Å². The predicted octanol–water partition coefficient (Wildman–Crippen LogP) is 2.86. The first-order valence-electron chi connectivity index (χ1n) is 6.74. The molecule has 0 amide bonds. The maximum atomic E-state index is 12.8. The number of rotatable bonds is 7. The van der Waals surface area contributed by atoms with Gasteiger partial charge >= 0.3 is 13.6 Å². The van der Waals surface area contributed by atoms with Crippen LogP contribution in [0.3, 0.4) is 0 Å². The first-order valence-corrected chi connectivity index (χ1v) is 8.27. The summed E-state index contributed by atoms with van der Waals surface area (Å²) in [5.74, 6) is -0.221. The van der Waals surface area contributed by atoms with Crippen LogP contribution in [0.5, 0.6) is 5.75 Å². The van der Waals surface area contributed by atoms with E-state index >= 15 is 0 Å². The lowest BCUT2D eigenvalue weighted by Crippen LogP contribution is -2.25. The van der Waals surface area contributed by atoms with Crippen molar-refractivity contribution in [2.75, 3.05) is 34.8 Å². The first kappa shape index (κ1) is 17.7. The molecule has 0 saturated carbocycles. The van der Waals surface area contributed by atoms with Gasteiger partial charge in [-0.15, -0.1) is 0 Å². The van der Waals surface area contributed by atoms with Gasteiger partial charge in [0.2, 0.25) is 0 Å². The number of carbonyl (C=O) groups excluding carboxylic acids is 1. The van der Waals surface area contributed by atoms with E-state index in [1.807, 2.05) is 6.92 Å². The summed E-state index contributed by atoms with van der Waals surface area (Å²) >= 11 is 0. The Hall–Kier alpha value is -1.36. The van der Waals surface area contributed by atoms with Gasteiger partial charge in [-0.25, -0.2) is 18.7 Å². The molecule has 1 rings (SSSR count). The van der Waals surface area contributed by atoms with Crippen LogP contribution in [0.25, 0.3) is 0 Å². The summed E-state index contributed by atoms with van der Waals surface area (Å²) in [6, 6.07) is 6.65. The molecule has 0 aliphatic rings. The fourth-order valence-electron chi connectivity index (χ4n) is 1.64. The highest BCUT2D eigenvalue weighted by Crippen LogP contribution is 2.51. The summed E-state index contributed by atoms with van der Waals surface area (Å²) in [6.07, 6.45) is 0.739. The molecule has 0 aliphatic carbocycles.